The fourth-order valence-electron chi connectivity index (χ4n) is 1.23. The Hall–Kier alpha value is -0.930. The van der Waals surface area contributed by atoms with E-state index in [4.69, 9.17) is 0 Å². The highest BCUT2D eigenvalue weighted by atomic mass is 33.1. The van der Waals surface area contributed by atoms with Gasteiger partial charge in [0.05, 0.1) is 0 Å². The van der Waals surface area contributed by atoms with Crippen LogP contribution in [0.15, 0.2) is 46.7 Å². The van der Waals surface area contributed by atoms with E-state index in [1.165, 1.54) is 0 Å². The van der Waals surface area contributed by atoms with Crippen LogP contribution in [0.4, 0.5) is 0 Å². The minimum atomic E-state index is 0.838. The van der Waals surface area contributed by atoms with E-state index in [0.29, 0.717) is 0 Å². The third kappa shape index (κ3) is 1.94. The van der Waals surface area contributed by atoms with Crippen molar-refractivity contribution >= 4 is 33.4 Å². The first-order chi connectivity index (χ1) is 6.92. The van der Waals surface area contributed by atoms with Crippen molar-refractivity contribution in [1.82, 2.24) is 0 Å². The number of aldehydes is 1. The Labute approximate surface area is 90.7 Å². The van der Waals surface area contributed by atoms with Gasteiger partial charge in [0.1, 0.15) is 6.29 Å². The smallest absolute Gasteiger partial charge is 0.144 e. The van der Waals surface area contributed by atoms with Gasteiger partial charge in [-0.1, -0.05) is 51.9 Å². The lowest BCUT2D eigenvalue weighted by Crippen LogP contribution is -1.82. The molecule has 0 N–H and O–H groups in total. The van der Waals surface area contributed by atoms with Crippen LogP contribution in [0, 0.1) is 0 Å². The van der Waals surface area contributed by atoms with Crippen LogP contribution in [-0.2, 0) is 4.79 Å². The molecule has 0 aromatic heterocycles. The molecule has 0 saturated heterocycles. The number of benzene rings is 1. The topological polar surface area (TPSA) is 17.1 Å². The highest BCUT2D eigenvalue weighted by Gasteiger charge is 2.14. The van der Waals surface area contributed by atoms with E-state index in [1.54, 1.807) is 27.7 Å². The van der Waals surface area contributed by atoms with E-state index in [2.05, 4.69) is 17.5 Å². The summed E-state index contributed by atoms with van der Waals surface area (Å²) in [6, 6.07) is 10.1. The SMILES string of the molecule is O=C/C=C1\SSC=C1c1ccccc1. The molecule has 0 atom stereocenters. The lowest BCUT2D eigenvalue weighted by molar-refractivity contribution is -0.104. The van der Waals surface area contributed by atoms with E-state index in [-0.39, 0.29) is 0 Å². The summed E-state index contributed by atoms with van der Waals surface area (Å²) in [6.45, 7) is 0. The maximum absolute atomic E-state index is 10.4. The predicted octanol–water partition coefficient (Wildman–Crippen LogP) is 3.51. The largest absolute Gasteiger partial charge is 0.299 e. The molecule has 0 saturated carbocycles. The Kier molecular flexibility index (Phi) is 3.11. The van der Waals surface area contributed by atoms with Gasteiger partial charge in [-0.3, -0.25) is 4.79 Å². The fraction of sp³-hybridized carbons (Fsp3) is 0. The molecule has 0 radical (unpaired) electrons. The quantitative estimate of drug-likeness (QED) is 0.431. The fourth-order valence-corrected chi connectivity index (χ4v) is 3.38. The summed E-state index contributed by atoms with van der Waals surface area (Å²) in [7, 11) is 3.28. The third-order valence-corrected chi connectivity index (χ3v) is 3.95. The highest BCUT2D eigenvalue weighted by molar-refractivity contribution is 8.80. The number of carbonyl (C=O) groups excluding carboxylic acids is 1. The van der Waals surface area contributed by atoms with Crippen LogP contribution < -0.4 is 0 Å². The first kappa shape index (κ1) is 9.62. The average Bonchev–Trinajstić information content (AvgIpc) is 2.68. The van der Waals surface area contributed by atoms with Crippen LogP contribution in [0.2, 0.25) is 0 Å². The predicted molar refractivity (Wildman–Crippen MR) is 63.7 cm³/mol. The number of hydrogen-bond donors (Lipinski definition) is 0. The van der Waals surface area contributed by atoms with Crippen molar-refractivity contribution in [2.75, 3.05) is 0 Å². The number of allylic oxidation sites excluding steroid dienone is 2. The van der Waals surface area contributed by atoms with Crippen LogP contribution in [0.5, 0.6) is 0 Å². The Morgan fingerprint density at radius 3 is 2.64 bits per heavy atom. The molecule has 1 aliphatic rings. The summed E-state index contributed by atoms with van der Waals surface area (Å²) < 4.78 is 0. The minimum absolute atomic E-state index is 0.838. The van der Waals surface area contributed by atoms with Gasteiger partial charge in [0, 0.05) is 10.5 Å². The second-order valence-electron chi connectivity index (χ2n) is 2.74. The molecule has 0 unspecified atom stereocenters. The number of carbonyl (C=O) groups is 1. The number of rotatable bonds is 2. The Balaban J connectivity index is 2.35. The first-order valence-electron chi connectivity index (χ1n) is 4.16. The summed E-state index contributed by atoms with van der Waals surface area (Å²) in [4.78, 5) is 11.4. The summed E-state index contributed by atoms with van der Waals surface area (Å²) in [5, 5.41) is 2.08. The standard InChI is InChI=1S/C11H8OS2/c12-7-6-11-10(8-13-14-11)9-4-2-1-3-5-9/h1-8H/b11-6-. The molecule has 0 aliphatic carbocycles. The molecule has 0 spiro atoms. The van der Waals surface area contributed by atoms with Gasteiger partial charge >= 0.3 is 0 Å². The lowest BCUT2D eigenvalue weighted by atomic mass is 10.1. The van der Waals surface area contributed by atoms with Gasteiger partial charge in [0.2, 0.25) is 0 Å². The van der Waals surface area contributed by atoms with Gasteiger partial charge in [-0.2, -0.15) is 0 Å². The Morgan fingerprint density at radius 2 is 1.93 bits per heavy atom. The van der Waals surface area contributed by atoms with Gasteiger partial charge < -0.3 is 0 Å². The Morgan fingerprint density at radius 1 is 1.14 bits per heavy atom. The molecule has 0 amide bonds. The molecule has 3 heteroatoms. The molecule has 14 heavy (non-hydrogen) atoms. The first-order valence-corrected chi connectivity index (χ1v) is 6.38. The second kappa shape index (κ2) is 4.53. The van der Waals surface area contributed by atoms with E-state index >= 15 is 0 Å². The maximum atomic E-state index is 10.4. The van der Waals surface area contributed by atoms with Crippen molar-refractivity contribution in [3.8, 4) is 0 Å². The van der Waals surface area contributed by atoms with Gasteiger partial charge in [-0.05, 0) is 17.0 Å². The van der Waals surface area contributed by atoms with Gasteiger partial charge in [0.15, 0.2) is 0 Å². The number of hydrogen-bond acceptors (Lipinski definition) is 3. The van der Waals surface area contributed by atoms with Gasteiger partial charge in [-0.25, -0.2) is 0 Å². The normalized spacial score (nSPS) is 18.3. The van der Waals surface area contributed by atoms with Gasteiger partial charge in [0.25, 0.3) is 0 Å². The van der Waals surface area contributed by atoms with Crippen LogP contribution in [0.25, 0.3) is 5.57 Å². The van der Waals surface area contributed by atoms with Crippen molar-refractivity contribution in [2.24, 2.45) is 0 Å². The highest BCUT2D eigenvalue weighted by Crippen LogP contribution is 2.47. The molecule has 1 aromatic carbocycles. The van der Waals surface area contributed by atoms with Crippen LogP contribution >= 0.6 is 21.6 Å². The molecule has 1 aliphatic heterocycles. The zero-order valence-electron chi connectivity index (χ0n) is 7.34. The van der Waals surface area contributed by atoms with E-state index in [0.717, 1.165) is 22.3 Å². The molecule has 70 valence electrons. The van der Waals surface area contributed by atoms with Crippen LogP contribution in [-0.4, -0.2) is 6.29 Å². The zero-order valence-corrected chi connectivity index (χ0v) is 8.98. The molecule has 1 nitrogen and oxygen atoms in total. The molecule has 1 aromatic rings. The summed E-state index contributed by atoms with van der Waals surface area (Å²) in [6.07, 6.45) is 2.45. The molecular weight excluding hydrogens is 212 g/mol. The lowest BCUT2D eigenvalue weighted by Gasteiger charge is -2.02. The second-order valence-corrected chi connectivity index (χ2v) is 4.86. The van der Waals surface area contributed by atoms with Crippen LogP contribution in [0.1, 0.15) is 5.56 Å². The maximum Gasteiger partial charge on any atom is 0.144 e. The van der Waals surface area contributed by atoms with Crippen molar-refractivity contribution in [3.05, 3.63) is 52.3 Å². The van der Waals surface area contributed by atoms with Crippen molar-refractivity contribution in [1.29, 1.82) is 0 Å². The average molecular weight is 220 g/mol. The minimum Gasteiger partial charge on any atom is -0.299 e. The zero-order chi connectivity index (χ0) is 9.80. The van der Waals surface area contributed by atoms with E-state index in [1.807, 2.05) is 18.2 Å². The van der Waals surface area contributed by atoms with E-state index < -0.39 is 0 Å². The summed E-state index contributed by atoms with van der Waals surface area (Å²) in [5.41, 5.74) is 2.31. The third-order valence-electron chi connectivity index (χ3n) is 1.87. The molecule has 0 fully saturated rings. The van der Waals surface area contributed by atoms with Crippen molar-refractivity contribution in [2.45, 2.75) is 0 Å². The van der Waals surface area contributed by atoms with Crippen molar-refractivity contribution in [3.63, 3.8) is 0 Å². The van der Waals surface area contributed by atoms with Gasteiger partial charge in [-0.15, -0.1) is 0 Å². The van der Waals surface area contributed by atoms with Crippen LogP contribution in [0.3, 0.4) is 0 Å². The monoisotopic (exact) mass is 220 g/mol. The van der Waals surface area contributed by atoms with Crippen molar-refractivity contribution < 1.29 is 4.79 Å². The molecular formula is C11H8OS2. The molecule has 1 heterocycles. The molecule has 2 rings (SSSR count). The van der Waals surface area contributed by atoms with E-state index in [9.17, 15) is 4.79 Å². The summed E-state index contributed by atoms with van der Waals surface area (Å²) in [5.74, 6) is 0. The Bertz CT molecular complexity index is 393. The molecule has 0 bridgehead atoms. The summed E-state index contributed by atoms with van der Waals surface area (Å²) >= 11 is 0.